The number of fused-ring (bicyclic) bond motifs is 1. The molecule has 9 nitrogen and oxygen atoms in total. The van der Waals surface area contributed by atoms with Crippen LogP contribution in [0.3, 0.4) is 0 Å². The Kier molecular flexibility index (Phi) is 6.34. The molecule has 1 aliphatic heterocycles. The van der Waals surface area contributed by atoms with E-state index in [9.17, 15) is 17.9 Å². The SMILES string of the molecule is Cc1nc2c(F)cc(-c3nc(N[C@@H]4CCN(S(C)(=O)=O)C[C@H]4O)ncc3Cl)cc2n1C(C)C. The van der Waals surface area contributed by atoms with Gasteiger partial charge in [0, 0.05) is 24.7 Å². The highest BCUT2D eigenvalue weighted by molar-refractivity contribution is 7.88. The zero-order valence-electron chi connectivity index (χ0n) is 18.7. The van der Waals surface area contributed by atoms with E-state index in [2.05, 4.69) is 20.3 Å². The van der Waals surface area contributed by atoms with Crippen LogP contribution in [0.15, 0.2) is 18.3 Å². The maximum absolute atomic E-state index is 14.9. The fraction of sp³-hybridized carbons (Fsp3) is 0.476. The van der Waals surface area contributed by atoms with Crippen LogP contribution < -0.4 is 5.32 Å². The predicted molar refractivity (Wildman–Crippen MR) is 125 cm³/mol. The highest BCUT2D eigenvalue weighted by Gasteiger charge is 2.32. The van der Waals surface area contributed by atoms with Gasteiger partial charge in [-0.1, -0.05) is 11.6 Å². The summed E-state index contributed by atoms with van der Waals surface area (Å²) in [5.41, 5.74) is 1.75. The maximum Gasteiger partial charge on any atom is 0.223 e. The van der Waals surface area contributed by atoms with E-state index in [0.29, 0.717) is 29.0 Å². The van der Waals surface area contributed by atoms with E-state index < -0.39 is 28.0 Å². The van der Waals surface area contributed by atoms with Gasteiger partial charge in [0.1, 0.15) is 11.3 Å². The maximum atomic E-state index is 14.9. The van der Waals surface area contributed by atoms with Crippen molar-refractivity contribution in [1.82, 2.24) is 23.8 Å². The van der Waals surface area contributed by atoms with Gasteiger partial charge in [-0.05, 0) is 39.3 Å². The lowest BCUT2D eigenvalue weighted by Crippen LogP contribution is -2.51. The molecule has 0 bridgehead atoms. The zero-order chi connectivity index (χ0) is 24.1. The summed E-state index contributed by atoms with van der Waals surface area (Å²) in [6, 6.07) is 2.79. The molecule has 0 aliphatic carbocycles. The molecule has 3 heterocycles. The predicted octanol–water partition coefficient (Wildman–Crippen LogP) is 2.98. The first-order valence-electron chi connectivity index (χ1n) is 10.6. The van der Waals surface area contributed by atoms with Crippen molar-refractivity contribution in [3.63, 3.8) is 0 Å². The van der Waals surface area contributed by atoms with E-state index in [1.165, 1.54) is 16.6 Å². The minimum atomic E-state index is -3.38. The first-order valence-corrected chi connectivity index (χ1v) is 12.8. The topological polar surface area (TPSA) is 113 Å². The van der Waals surface area contributed by atoms with Gasteiger partial charge < -0.3 is 15.0 Å². The Bertz CT molecular complexity index is 1310. The summed E-state index contributed by atoms with van der Waals surface area (Å²) in [6.45, 7) is 6.09. The van der Waals surface area contributed by atoms with Crippen LogP contribution in [0.25, 0.3) is 22.3 Å². The van der Waals surface area contributed by atoms with Crippen molar-refractivity contribution in [2.45, 2.75) is 45.4 Å². The molecular weight excluding hydrogens is 471 g/mol. The van der Waals surface area contributed by atoms with E-state index >= 15 is 0 Å². The molecule has 0 radical (unpaired) electrons. The summed E-state index contributed by atoms with van der Waals surface area (Å²) >= 11 is 6.36. The molecule has 2 N–H and O–H groups in total. The average Bonchev–Trinajstić information content (AvgIpc) is 3.06. The number of nitrogens with zero attached hydrogens (tertiary/aromatic N) is 5. The number of aryl methyl sites for hydroxylation is 1. The Balaban J connectivity index is 1.66. The number of aromatic nitrogens is 4. The lowest BCUT2D eigenvalue weighted by Gasteiger charge is -2.34. The van der Waals surface area contributed by atoms with Crippen molar-refractivity contribution in [2.24, 2.45) is 0 Å². The van der Waals surface area contributed by atoms with Crippen LogP contribution >= 0.6 is 11.6 Å². The number of β-amino-alcohol motifs (C(OH)–C–C–N with tert-alkyl or cyclic N) is 1. The first-order chi connectivity index (χ1) is 15.5. The Hall–Kier alpha value is -2.34. The number of imidazole rings is 1. The molecule has 3 aromatic rings. The Labute approximate surface area is 196 Å². The Morgan fingerprint density at radius 1 is 1.30 bits per heavy atom. The van der Waals surface area contributed by atoms with Crippen LogP contribution in [0.5, 0.6) is 0 Å². The lowest BCUT2D eigenvalue weighted by molar-refractivity contribution is 0.0950. The molecule has 2 atom stereocenters. The van der Waals surface area contributed by atoms with Gasteiger partial charge in [0.05, 0.1) is 40.8 Å². The number of halogens is 2. The van der Waals surface area contributed by atoms with Crippen LogP contribution in [0.2, 0.25) is 5.02 Å². The van der Waals surface area contributed by atoms with E-state index in [0.717, 1.165) is 6.26 Å². The molecule has 0 spiro atoms. The smallest absolute Gasteiger partial charge is 0.223 e. The second-order valence-corrected chi connectivity index (χ2v) is 11.0. The quantitative estimate of drug-likeness (QED) is 0.558. The number of anilines is 1. The molecule has 1 fully saturated rings. The number of piperidine rings is 1. The molecule has 0 unspecified atom stereocenters. The molecular formula is C21H26ClFN6O3S. The van der Waals surface area contributed by atoms with Crippen LogP contribution in [0.1, 0.15) is 32.1 Å². The second kappa shape index (κ2) is 8.79. The number of nitrogens with one attached hydrogen (secondary N) is 1. The van der Waals surface area contributed by atoms with Gasteiger partial charge in [0.2, 0.25) is 16.0 Å². The van der Waals surface area contributed by atoms with Crippen LogP contribution in [-0.2, 0) is 10.0 Å². The number of sulfonamides is 1. The van der Waals surface area contributed by atoms with E-state index in [1.54, 1.807) is 6.07 Å². The van der Waals surface area contributed by atoms with Crippen LogP contribution in [0.4, 0.5) is 10.3 Å². The van der Waals surface area contributed by atoms with Crippen molar-refractivity contribution in [3.05, 3.63) is 35.0 Å². The molecule has 0 saturated carbocycles. The summed E-state index contributed by atoms with van der Waals surface area (Å²) in [6.07, 6.45) is 1.97. The molecule has 2 aromatic heterocycles. The monoisotopic (exact) mass is 496 g/mol. The summed E-state index contributed by atoms with van der Waals surface area (Å²) in [5, 5.41) is 13.7. The number of aliphatic hydroxyl groups excluding tert-OH is 1. The van der Waals surface area contributed by atoms with Crippen LogP contribution in [-0.4, -0.2) is 68.8 Å². The molecule has 0 amide bonds. The number of hydrogen-bond acceptors (Lipinski definition) is 7. The highest BCUT2D eigenvalue weighted by atomic mass is 35.5. The minimum Gasteiger partial charge on any atom is -0.390 e. The average molecular weight is 497 g/mol. The third kappa shape index (κ3) is 4.68. The molecule has 33 heavy (non-hydrogen) atoms. The number of hydrogen-bond donors (Lipinski definition) is 2. The van der Waals surface area contributed by atoms with Gasteiger partial charge in [0.15, 0.2) is 5.82 Å². The van der Waals surface area contributed by atoms with Crippen molar-refractivity contribution < 1.29 is 17.9 Å². The fourth-order valence-electron chi connectivity index (χ4n) is 4.23. The van der Waals surface area contributed by atoms with Gasteiger partial charge in [-0.3, -0.25) is 0 Å². The zero-order valence-corrected chi connectivity index (χ0v) is 20.3. The minimum absolute atomic E-state index is 0.0165. The fourth-order valence-corrected chi connectivity index (χ4v) is 5.30. The summed E-state index contributed by atoms with van der Waals surface area (Å²) in [5.74, 6) is 0.444. The lowest BCUT2D eigenvalue weighted by atomic mass is 10.0. The van der Waals surface area contributed by atoms with E-state index in [1.807, 2.05) is 25.3 Å². The van der Waals surface area contributed by atoms with Crippen molar-refractivity contribution >= 4 is 38.6 Å². The van der Waals surface area contributed by atoms with Gasteiger partial charge in [0.25, 0.3) is 0 Å². The highest BCUT2D eigenvalue weighted by Crippen LogP contribution is 2.32. The summed E-state index contributed by atoms with van der Waals surface area (Å²) in [7, 11) is -3.38. The number of benzene rings is 1. The molecule has 178 valence electrons. The Morgan fingerprint density at radius 3 is 2.67 bits per heavy atom. The first kappa shape index (κ1) is 23.8. The number of aliphatic hydroxyl groups is 1. The second-order valence-electron chi connectivity index (χ2n) is 8.57. The van der Waals surface area contributed by atoms with Crippen molar-refractivity contribution in [2.75, 3.05) is 24.7 Å². The molecule has 4 rings (SSSR count). The third-order valence-electron chi connectivity index (χ3n) is 5.79. The number of rotatable bonds is 5. The molecule has 1 aromatic carbocycles. The molecule has 1 aliphatic rings. The molecule has 1 saturated heterocycles. The molecule has 12 heteroatoms. The summed E-state index contributed by atoms with van der Waals surface area (Å²) in [4.78, 5) is 13.0. The largest absolute Gasteiger partial charge is 0.390 e. The standard InChI is InChI=1S/C21H26ClFN6O3S/c1-11(2)29-12(3)25-20-15(23)7-13(8-17(20)29)19-14(22)9-24-21(27-19)26-16-5-6-28(10-18(16)30)33(4,31)32/h7-9,11,16,18,30H,5-6,10H2,1-4H3,(H,24,26,27)/t16-,18-/m1/s1. The van der Waals surface area contributed by atoms with Crippen molar-refractivity contribution in [3.8, 4) is 11.3 Å². The van der Waals surface area contributed by atoms with Crippen LogP contribution in [0, 0.1) is 12.7 Å². The van der Waals surface area contributed by atoms with Gasteiger partial charge in [-0.15, -0.1) is 0 Å². The third-order valence-corrected chi connectivity index (χ3v) is 7.33. The summed E-state index contributed by atoms with van der Waals surface area (Å²) < 4.78 is 41.6. The van der Waals surface area contributed by atoms with Gasteiger partial charge in [-0.25, -0.2) is 27.8 Å². The van der Waals surface area contributed by atoms with Gasteiger partial charge >= 0.3 is 0 Å². The Morgan fingerprint density at radius 2 is 2.03 bits per heavy atom. The van der Waals surface area contributed by atoms with Gasteiger partial charge in [-0.2, -0.15) is 4.31 Å². The van der Waals surface area contributed by atoms with Crippen molar-refractivity contribution in [1.29, 1.82) is 0 Å². The van der Waals surface area contributed by atoms with E-state index in [-0.39, 0.29) is 35.6 Å². The normalized spacial score (nSPS) is 20.0. The van der Waals surface area contributed by atoms with E-state index in [4.69, 9.17) is 11.6 Å².